The van der Waals surface area contributed by atoms with Crippen LogP contribution in [0.1, 0.15) is 40.5 Å². The summed E-state index contributed by atoms with van der Waals surface area (Å²) >= 11 is 3.11. The van der Waals surface area contributed by atoms with Crippen molar-refractivity contribution in [3.63, 3.8) is 0 Å². The fourth-order valence-electron chi connectivity index (χ4n) is 1.38. The molecule has 0 radical (unpaired) electrons. The van der Waals surface area contributed by atoms with Crippen LogP contribution in [0.4, 0.5) is 8.78 Å². The highest BCUT2D eigenvalue weighted by molar-refractivity contribution is 9.08. The van der Waals surface area contributed by atoms with Crippen molar-refractivity contribution < 1.29 is 18.3 Å². The van der Waals surface area contributed by atoms with Crippen molar-refractivity contribution in [1.82, 2.24) is 4.98 Å². The number of rotatable bonds is 4. The van der Waals surface area contributed by atoms with Gasteiger partial charge in [0.15, 0.2) is 0 Å². The largest absolute Gasteiger partial charge is 0.462 e. The van der Waals surface area contributed by atoms with Gasteiger partial charge in [0, 0.05) is 11.5 Å². The summed E-state index contributed by atoms with van der Waals surface area (Å²) in [4.78, 5) is 15.2. The molecule has 0 N–H and O–H groups in total. The second-order valence-electron chi connectivity index (χ2n) is 3.19. The Bertz CT molecular complexity index is 501. The van der Waals surface area contributed by atoms with Crippen LogP contribution >= 0.6 is 15.9 Å². The fourth-order valence-corrected chi connectivity index (χ4v) is 1.81. The smallest absolute Gasteiger partial charge is 0.339 e. The molecule has 0 unspecified atom stereocenters. The summed E-state index contributed by atoms with van der Waals surface area (Å²) in [6.45, 7) is 1.69. The van der Waals surface area contributed by atoms with E-state index in [1.807, 2.05) is 0 Å². The van der Waals surface area contributed by atoms with Crippen LogP contribution in [0.25, 0.3) is 0 Å². The van der Waals surface area contributed by atoms with Crippen molar-refractivity contribution in [2.45, 2.75) is 18.7 Å². The van der Waals surface area contributed by atoms with Crippen LogP contribution in [0.15, 0.2) is 6.20 Å². The highest BCUT2D eigenvalue weighted by Crippen LogP contribution is 2.26. The molecule has 1 aromatic rings. The molecule has 1 heterocycles. The number of pyridine rings is 1. The Morgan fingerprint density at radius 3 is 2.78 bits per heavy atom. The zero-order valence-corrected chi connectivity index (χ0v) is 11.0. The molecule has 7 heteroatoms. The van der Waals surface area contributed by atoms with Crippen molar-refractivity contribution in [2.24, 2.45) is 0 Å². The predicted molar refractivity (Wildman–Crippen MR) is 62.5 cm³/mol. The van der Waals surface area contributed by atoms with Gasteiger partial charge in [-0.05, 0) is 12.5 Å². The molecule has 0 saturated carbocycles. The van der Waals surface area contributed by atoms with E-state index in [0.29, 0.717) is 5.56 Å². The number of esters is 1. The number of halogens is 3. The first-order valence-corrected chi connectivity index (χ1v) is 6.12. The molecule has 0 amide bonds. The molecule has 0 saturated heterocycles. The molecule has 0 aliphatic carbocycles. The first-order valence-electron chi connectivity index (χ1n) is 4.99. The Labute approximate surface area is 111 Å². The lowest BCUT2D eigenvalue weighted by molar-refractivity contribution is 0.0524. The molecular formula is C11H9BrF2N2O2. The first-order chi connectivity index (χ1) is 8.56. The van der Waals surface area contributed by atoms with Gasteiger partial charge >= 0.3 is 5.97 Å². The predicted octanol–water partition coefficient (Wildman–Crippen LogP) is 2.96. The van der Waals surface area contributed by atoms with Gasteiger partial charge in [-0.3, -0.25) is 4.98 Å². The Balaban J connectivity index is 3.48. The van der Waals surface area contributed by atoms with E-state index < -0.39 is 23.7 Å². The normalized spacial score (nSPS) is 10.2. The molecule has 0 aromatic carbocycles. The van der Waals surface area contributed by atoms with Crippen molar-refractivity contribution in [2.75, 3.05) is 6.61 Å². The molecule has 0 aliphatic rings. The summed E-state index contributed by atoms with van der Waals surface area (Å²) in [7, 11) is 0. The van der Waals surface area contributed by atoms with Gasteiger partial charge in [-0.25, -0.2) is 13.6 Å². The van der Waals surface area contributed by atoms with Crippen LogP contribution in [0, 0.1) is 11.3 Å². The lowest BCUT2D eigenvalue weighted by atomic mass is 10.0. The third kappa shape index (κ3) is 2.82. The van der Waals surface area contributed by atoms with E-state index in [2.05, 4.69) is 20.9 Å². The first kappa shape index (κ1) is 14.5. The monoisotopic (exact) mass is 318 g/mol. The molecule has 0 atom stereocenters. The number of aromatic nitrogens is 1. The number of nitriles is 1. The van der Waals surface area contributed by atoms with Gasteiger partial charge in [-0.2, -0.15) is 5.26 Å². The second kappa shape index (κ2) is 6.40. The number of alkyl halides is 3. The van der Waals surface area contributed by atoms with Crippen LogP contribution in [-0.2, 0) is 10.1 Å². The standard InChI is InChI=1S/C11H9BrF2N2O2/c1-2-18-11(17)8-6(3-12)5-16-9(10(13)14)7(8)4-15/h5,10H,2-3H2,1H3. The quantitative estimate of drug-likeness (QED) is 0.632. The molecule has 1 rings (SSSR count). The zero-order valence-electron chi connectivity index (χ0n) is 9.41. The van der Waals surface area contributed by atoms with Gasteiger partial charge in [0.05, 0.1) is 17.7 Å². The SMILES string of the molecule is CCOC(=O)c1c(CBr)cnc(C(F)F)c1C#N. The highest BCUT2D eigenvalue weighted by atomic mass is 79.9. The summed E-state index contributed by atoms with van der Waals surface area (Å²) in [6.07, 6.45) is -1.78. The minimum Gasteiger partial charge on any atom is -0.462 e. The zero-order chi connectivity index (χ0) is 13.7. The number of hydrogen-bond acceptors (Lipinski definition) is 4. The number of carbonyl (C=O) groups is 1. The van der Waals surface area contributed by atoms with E-state index in [-0.39, 0.29) is 17.5 Å². The topological polar surface area (TPSA) is 63.0 Å². The summed E-state index contributed by atoms with van der Waals surface area (Å²) in [5.74, 6) is -0.798. The lowest BCUT2D eigenvalue weighted by Gasteiger charge is -2.11. The van der Waals surface area contributed by atoms with E-state index >= 15 is 0 Å². The maximum absolute atomic E-state index is 12.7. The van der Waals surface area contributed by atoms with Gasteiger partial charge in [0.25, 0.3) is 6.43 Å². The van der Waals surface area contributed by atoms with Crippen molar-refractivity contribution >= 4 is 21.9 Å². The Hall–Kier alpha value is -1.55. The van der Waals surface area contributed by atoms with E-state index in [1.54, 1.807) is 13.0 Å². The van der Waals surface area contributed by atoms with E-state index in [1.165, 1.54) is 0 Å². The molecule has 1 aromatic heterocycles. The maximum atomic E-state index is 12.7. The van der Waals surface area contributed by atoms with Crippen LogP contribution in [-0.4, -0.2) is 17.6 Å². The van der Waals surface area contributed by atoms with Gasteiger partial charge in [-0.1, -0.05) is 15.9 Å². The van der Waals surface area contributed by atoms with Crippen LogP contribution < -0.4 is 0 Å². The fraction of sp³-hybridized carbons (Fsp3) is 0.364. The number of carbonyl (C=O) groups excluding carboxylic acids is 1. The minimum atomic E-state index is -2.92. The van der Waals surface area contributed by atoms with Gasteiger partial charge in [-0.15, -0.1) is 0 Å². The molecule has 18 heavy (non-hydrogen) atoms. The summed E-state index contributed by atoms with van der Waals surface area (Å²) in [5.41, 5.74) is -0.943. The van der Waals surface area contributed by atoms with Crippen molar-refractivity contribution in [3.8, 4) is 6.07 Å². The van der Waals surface area contributed by atoms with E-state index in [0.717, 1.165) is 6.20 Å². The maximum Gasteiger partial charge on any atom is 0.339 e. The van der Waals surface area contributed by atoms with Crippen LogP contribution in [0.2, 0.25) is 0 Å². The lowest BCUT2D eigenvalue weighted by Crippen LogP contribution is -2.13. The number of hydrogen-bond donors (Lipinski definition) is 0. The molecule has 96 valence electrons. The van der Waals surface area contributed by atoms with Crippen LogP contribution in [0.3, 0.4) is 0 Å². The van der Waals surface area contributed by atoms with Gasteiger partial charge in [0.2, 0.25) is 0 Å². The summed E-state index contributed by atoms with van der Waals surface area (Å²) < 4.78 is 30.2. The number of ether oxygens (including phenoxy) is 1. The third-order valence-corrected chi connectivity index (χ3v) is 2.73. The molecular weight excluding hydrogens is 310 g/mol. The molecule has 0 aliphatic heterocycles. The average Bonchev–Trinajstić information content (AvgIpc) is 2.36. The summed E-state index contributed by atoms with van der Waals surface area (Å²) in [6, 6.07) is 1.60. The molecule has 0 spiro atoms. The number of nitrogens with zero attached hydrogens (tertiary/aromatic N) is 2. The Morgan fingerprint density at radius 1 is 1.67 bits per heavy atom. The van der Waals surface area contributed by atoms with Crippen LogP contribution in [0.5, 0.6) is 0 Å². The van der Waals surface area contributed by atoms with E-state index in [9.17, 15) is 13.6 Å². The molecule has 0 bridgehead atoms. The Kier molecular flexibility index (Phi) is 5.16. The van der Waals surface area contributed by atoms with Gasteiger partial charge < -0.3 is 4.74 Å². The molecule has 0 fully saturated rings. The van der Waals surface area contributed by atoms with Crippen molar-refractivity contribution in [1.29, 1.82) is 5.26 Å². The van der Waals surface area contributed by atoms with Crippen molar-refractivity contribution in [3.05, 3.63) is 28.6 Å². The highest BCUT2D eigenvalue weighted by Gasteiger charge is 2.25. The molecule has 4 nitrogen and oxygen atoms in total. The Morgan fingerprint density at radius 2 is 2.33 bits per heavy atom. The second-order valence-corrected chi connectivity index (χ2v) is 3.75. The van der Waals surface area contributed by atoms with Gasteiger partial charge in [0.1, 0.15) is 11.8 Å². The summed E-state index contributed by atoms with van der Waals surface area (Å²) in [5, 5.41) is 9.15. The average molecular weight is 319 g/mol. The van der Waals surface area contributed by atoms with E-state index in [4.69, 9.17) is 10.00 Å². The third-order valence-electron chi connectivity index (χ3n) is 2.13. The minimum absolute atomic E-state index is 0.0950.